The molecule has 92 valence electrons. The number of benzene rings is 1. The molecule has 1 aromatic carbocycles. The van der Waals surface area contributed by atoms with Crippen LogP contribution in [0.3, 0.4) is 0 Å². The molecule has 1 heterocycles. The lowest BCUT2D eigenvalue weighted by atomic mass is 10.2. The zero-order valence-electron chi connectivity index (χ0n) is 9.81. The number of hydrogen-bond donors (Lipinski definition) is 0. The van der Waals surface area contributed by atoms with Gasteiger partial charge in [0.15, 0.2) is 0 Å². The van der Waals surface area contributed by atoms with Crippen molar-refractivity contribution in [2.24, 2.45) is 0 Å². The fraction of sp³-hybridized carbons (Fsp3) is 0.462. The SMILES string of the molecule is O=CN1CCCN(Cc2cccc(F)c2)CC1. The average Bonchev–Trinajstić information content (AvgIpc) is 2.54. The van der Waals surface area contributed by atoms with Gasteiger partial charge in [-0.15, -0.1) is 0 Å². The number of nitrogens with zero attached hydrogens (tertiary/aromatic N) is 2. The predicted molar refractivity (Wildman–Crippen MR) is 63.9 cm³/mol. The lowest BCUT2D eigenvalue weighted by Gasteiger charge is -2.20. The van der Waals surface area contributed by atoms with E-state index >= 15 is 0 Å². The summed E-state index contributed by atoms with van der Waals surface area (Å²) < 4.78 is 13.0. The van der Waals surface area contributed by atoms with Crippen molar-refractivity contribution < 1.29 is 9.18 Å². The van der Waals surface area contributed by atoms with Crippen LogP contribution in [0, 0.1) is 5.82 Å². The van der Waals surface area contributed by atoms with Crippen LogP contribution < -0.4 is 0 Å². The molecule has 3 nitrogen and oxygen atoms in total. The summed E-state index contributed by atoms with van der Waals surface area (Å²) in [7, 11) is 0. The Kier molecular flexibility index (Phi) is 4.09. The van der Waals surface area contributed by atoms with Crippen molar-refractivity contribution >= 4 is 6.41 Å². The number of carbonyl (C=O) groups excluding carboxylic acids is 1. The van der Waals surface area contributed by atoms with Crippen LogP contribution in [-0.2, 0) is 11.3 Å². The molecule has 0 aliphatic carbocycles. The maximum atomic E-state index is 13.0. The van der Waals surface area contributed by atoms with Gasteiger partial charge < -0.3 is 4.90 Å². The number of halogens is 1. The highest BCUT2D eigenvalue weighted by Crippen LogP contribution is 2.09. The molecule has 1 saturated heterocycles. The summed E-state index contributed by atoms with van der Waals surface area (Å²) in [5.41, 5.74) is 0.990. The van der Waals surface area contributed by atoms with Crippen LogP contribution in [0.2, 0.25) is 0 Å². The predicted octanol–water partition coefficient (Wildman–Crippen LogP) is 1.49. The van der Waals surface area contributed by atoms with Crippen molar-refractivity contribution in [1.82, 2.24) is 9.80 Å². The van der Waals surface area contributed by atoms with Gasteiger partial charge in [0.25, 0.3) is 0 Å². The smallest absolute Gasteiger partial charge is 0.209 e. The molecule has 0 saturated carbocycles. The van der Waals surface area contributed by atoms with Crippen molar-refractivity contribution in [3.63, 3.8) is 0 Å². The second-order valence-corrected chi connectivity index (χ2v) is 4.40. The van der Waals surface area contributed by atoms with E-state index in [1.54, 1.807) is 17.0 Å². The summed E-state index contributed by atoms with van der Waals surface area (Å²) >= 11 is 0. The Bertz CT molecular complexity index is 383. The minimum Gasteiger partial charge on any atom is -0.344 e. The third kappa shape index (κ3) is 3.53. The lowest BCUT2D eigenvalue weighted by molar-refractivity contribution is -0.118. The van der Waals surface area contributed by atoms with Crippen molar-refractivity contribution in [3.8, 4) is 0 Å². The first-order valence-electron chi connectivity index (χ1n) is 5.94. The van der Waals surface area contributed by atoms with Crippen molar-refractivity contribution in [2.75, 3.05) is 26.2 Å². The van der Waals surface area contributed by atoms with E-state index in [1.165, 1.54) is 6.07 Å². The third-order valence-corrected chi connectivity index (χ3v) is 3.07. The first kappa shape index (κ1) is 12.0. The Hall–Kier alpha value is -1.42. The summed E-state index contributed by atoms with van der Waals surface area (Å²) in [6, 6.07) is 6.70. The van der Waals surface area contributed by atoms with Gasteiger partial charge in [-0.2, -0.15) is 0 Å². The standard InChI is InChI=1S/C13H17FN2O/c14-13-4-1-3-12(9-13)10-15-5-2-6-16(11-17)8-7-15/h1,3-4,9,11H,2,5-8,10H2. The maximum Gasteiger partial charge on any atom is 0.209 e. The summed E-state index contributed by atoms with van der Waals surface area (Å²) in [6.45, 7) is 4.16. The molecule has 1 aliphatic rings. The quantitative estimate of drug-likeness (QED) is 0.742. The molecule has 1 aliphatic heterocycles. The van der Waals surface area contributed by atoms with Gasteiger partial charge in [-0.05, 0) is 24.1 Å². The molecule has 0 bridgehead atoms. The van der Waals surface area contributed by atoms with Crippen molar-refractivity contribution in [2.45, 2.75) is 13.0 Å². The van der Waals surface area contributed by atoms with Crippen LogP contribution in [0.15, 0.2) is 24.3 Å². The van der Waals surface area contributed by atoms with E-state index in [0.29, 0.717) is 0 Å². The van der Waals surface area contributed by atoms with E-state index in [1.807, 2.05) is 6.07 Å². The molecule has 1 aromatic rings. The highest BCUT2D eigenvalue weighted by molar-refractivity contribution is 5.46. The summed E-state index contributed by atoms with van der Waals surface area (Å²) in [5.74, 6) is -0.188. The molecule has 1 fully saturated rings. The monoisotopic (exact) mass is 236 g/mol. The maximum absolute atomic E-state index is 13.0. The topological polar surface area (TPSA) is 23.6 Å². The number of hydrogen-bond acceptors (Lipinski definition) is 2. The van der Waals surface area contributed by atoms with Crippen LogP contribution in [0.25, 0.3) is 0 Å². The van der Waals surface area contributed by atoms with Gasteiger partial charge in [0.05, 0.1) is 0 Å². The van der Waals surface area contributed by atoms with Gasteiger partial charge in [0.2, 0.25) is 6.41 Å². The van der Waals surface area contributed by atoms with Gasteiger partial charge in [-0.25, -0.2) is 4.39 Å². The van der Waals surface area contributed by atoms with E-state index in [9.17, 15) is 9.18 Å². The summed E-state index contributed by atoms with van der Waals surface area (Å²) in [6.07, 6.45) is 1.89. The molecule has 4 heteroatoms. The minimum absolute atomic E-state index is 0.188. The Balaban J connectivity index is 1.93. The average molecular weight is 236 g/mol. The normalized spacial score (nSPS) is 17.8. The Morgan fingerprint density at radius 1 is 1.24 bits per heavy atom. The second-order valence-electron chi connectivity index (χ2n) is 4.40. The zero-order valence-corrected chi connectivity index (χ0v) is 9.81. The molecule has 0 N–H and O–H groups in total. The van der Waals surface area contributed by atoms with E-state index in [2.05, 4.69) is 4.90 Å². The molecule has 0 spiro atoms. The van der Waals surface area contributed by atoms with Crippen LogP contribution in [-0.4, -0.2) is 42.4 Å². The fourth-order valence-electron chi connectivity index (χ4n) is 2.15. The highest BCUT2D eigenvalue weighted by atomic mass is 19.1. The Labute approximate surface area is 101 Å². The lowest BCUT2D eigenvalue weighted by Crippen LogP contribution is -2.29. The van der Waals surface area contributed by atoms with Crippen LogP contribution >= 0.6 is 0 Å². The highest BCUT2D eigenvalue weighted by Gasteiger charge is 2.13. The van der Waals surface area contributed by atoms with Crippen LogP contribution in [0.1, 0.15) is 12.0 Å². The molecule has 2 rings (SSSR count). The van der Waals surface area contributed by atoms with Crippen LogP contribution in [0.4, 0.5) is 4.39 Å². The van der Waals surface area contributed by atoms with E-state index < -0.39 is 0 Å². The first-order valence-corrected chi connectivity index (χ1v) is 5.94. The molecule has 17 heavy (non-hydrogen) atoms. The van der Waals surface area contributed by atoms with E-state index in [4.69, 9.17) is 0 Å². The number of amides is 1. The van der Waals surface area contributed by atoms with Gasteiger partial charge in [0.1, 0.15) is 5.82 Å². The third-order valence-electron chi connectivity index (χ3n) is 3.07. The molecule has 0 unspecified atom stereocenters. The van der Waals surface area contributed by atoms with Crippen LogP contribution in [0.5, 0.6) is 0 Å². The summed E-state index contributed by atoms with van der Waals surface area (Å²) in [4.78, 5) is 14.7. The van der Waals surface area contributed by atoms with Gasteiger partial charge in [-0.1, -0.05) is 12.1 Å². The summed E-state index contributed by atoms with van der Waals surface area (Å²) in [5, 5.41) is 0. The second kappa shape index (κ2) is 5.77. The van der Waals surface area contributed by atoms with E-state index in [-0.39, 0.29) is 5.82 Å². The number of carbonyl (C=O) groups is 1. The Morgan fingerprint density at radius 3 is 2.88 bits per heavy atom. The van der Waals surface area contributed by atoms with Gasteiger partial charge in [0, 0.05) is 32.7 Å². The number of rotatable bonds is 3. The molecular formula is C13H17FN2O. The van der Waals surface area contributed by atoms with Crippen molar-refractivity contribution in [1.29, 1.82) is 0 Å². The molecule has 1 amide bonds. The molecule has 0 radical (unpaired) electrons. The fourth-order valence-corrected chi connectivity index (χ4v) is 2.15. The zero-order chi connectivity index (χ0) is 12.1. The molecule has 0 aromatic heterocycles. The van der Waals surface area contributed by atoms with E-state index in [0.717, 1.165) is 51.1 Å². The molecule has 0 atom stereocenters. The minimum atomic E-state index is -0.188. The molecular weight excluding hydrogens is 219 g/mol. The van der Waals surface area contributed by atoms with Crippen molar-refractivity contribution in [3.05, 3.63) is 35.6 Å². The van der Waals surface area contributed by atoms with Gasteiger partial charge >= 0.3 is 0 Å². The first-order chi connectivity index (χ1) is 8.28. The Morgan fingerprint density at radius 2 is 2.12 bits per heavy atom. The van der Waals surface area contributed by atoms with Gasteiger partial charge in [-0.3, -0.25) is 9.69 Å². The largest absolute Gasteiger partial charge is 0.344 e.